The number of para-hydroxylation sites is 1. The van der Waals surface area contributed by atoms with E-state index in [1.807, 2.05) is 0 Å². The first kappa shape index (κ1) is 18.6. The summed E-state index contributed by atoms with van der Waals surface area (Å²) in [5.74, 6) is 0.326. The number of aromatic hydroxyl groups is 1. The maximum atomic E-state index is 12.0. The number of carbonyl (C=O) groups excluding carboxylic acids is 1. The highest BCUT2D eigenvalue weighted by atomic mass is 16.6. The molecule has 0 saturated heterocycles. The number of non-ortho nitro benzene ring substituents is 1. The zero-order valence-electron chi connectivity index (χ0n) is 14.7. The van der Waals surface area contributed by atoms with E-state index in [0.29, 0.717) is 22.8 Å². The molecule has 2 aromatic carbocycles. The molecule has 0 aliphatic rings. The number of methoxy groups -OCH3 is 1. The lowest BCUT2D eigenvalue weighted by Crippen LogP contribution is -2.17. The number of furan rings is 1. The monoisotopic (exact) mass is 381 g/mol. The minimum atomic E-state index is -0.571. The van der Waals surface area contributed by atoms with E-state index in [1.54, 1.807) is 24.3 Å². The molecule has 1 amide bonds. The van der Waals surface area contributed by atoms with Gasteiger partial charge in [-0.1, -0.05) is 12.1 Å². The van der Waals surface area contributed by atoms with Gasteiger partial charge in [-0.15, -0.1) is 0 Å². The van der Waals surface area contributed by atoms with Crippen molar-refractivity contribution < 1.29 is 24.0 Å². The molecule has 0 fully saturated rings. The lowest BCUT2D eigenvalue weighted by atomic mass is 10.1. The number of rotatable bonds is 6. The molecule has 0 radical (unpaired) electrons. The van der Waals surface area contributed by atoms with Crippen molar-refractivity contribution in [3.05, 3.63) is 76.0 Å². The van der Waals surface area contributed by atoms with Gasteiger partial charge in [-0.05, 0) is 30.3 Å². The number of nitrogens with zero attached hydrogens (tertiary/aromatic N) is 2. The number of ether oxygens (including phenoxy) is 1. The van der Waals surface area contributed by atoms with E-state index in [2.05, 4.69) is 10.5 Å². The molecule has 2 N–H and O–H groups in total. The van der Waals surface area contributed by atoms with Crippen LogP contribution < -0.4 is 10.2 Å². The van der Waals surface area contributed by atoms with Crippen molar-refractivity contribution in [1.29, 1.82) is 0 Å². The first-order valence-electron chi connectivity index (χ1n) is 8.03. The van der Waals surface area contributed by atoms with Crippen LogP contribution in [0.15, 0.2) is 64.1 Å². The Bertz CT molecular complexity index is 1060. The zero-order valence-corrected chi connectivity index (χ0v) is 14.7. The number of phenolic OH excluding ortho intramolecular Hbond substituents is 1. The number of hydrogen-bond acceptors (Lipinski definition) is 7. The highest BCUT2D eigenvalue weighted by Crippen LogP contribution is 2.34. The Balaban J connectivity index is 1.74. The van der Waals surface area contributed by atoms with Crippen molar-refractivity contribution >= 4 is 17.8 Å². The molecule has 1 heterocycles. The number of nitro benzene ring substituents is 1. The molecule has 3 aromatic rings. The Morgan fingerprint density at radius 2 is 2.04 bits per heavy atom. The summed E-state index contributed by atoms with van der Waals surface area (Å²) in [6.45, 7) is 0. The van der Waals surface area contributed by atoms with Crippen LogP contribution >= 0.6 is 0 Å². The fraction of sp³-hybridized carbons (Fsp3) is 0.0526. The average molecular weight is 381 g/mol. The number of hydrazone groups is 1. The van der Waals surface area contributed by atoms with Crippen molar-refractivity contribution in [3.63, 3.8) is 0 Å². The molecule has 0 bridgehead atoms. The minimum Gasteiger partial charge on any atom is -0.507 e. The summed E-state index contributed by atoms with van der Waals surface area (Å²) in [4.78, 5) is 22.3. The first-order valence-corrected chi connectivity index (χ1v) is 8.03. The van der Waals surface area contributed by atoms with Crippen LogP contribution in [0.5, 0.6) is 11.5 Å². The van der Waals surface area contributed by atoms with Crippen molar-refractivity contribution in [2.24, 2.45) is 5.10 Å². The fourth-order valence-corrected chi connectivity index (χ4v) is 2.44. The number of benzene rings is 2. The second-order valence-electron chi connectivity index (χ2n) is 5.56. The molecule has 0 aliphatic carbocycles. The van der Waals surface area contributed by atoms with Crippen LogP contribution in [0.2, 0.25) is 0 Å². The van der Waals surface area contributed by atoms with Crippen LogP contribution in [0.3, 0.4) is 0 Å². The average Bonchev–Trinajstić information content (AvgIpc) is 3.16. The number of nitrogens with one attached hydrogen (secondary N) is 1. The van der Waals surface area contributed by atoms with Gasteiger partial charge in [0.25, 0.3) is 11.6 Å². The molecule has 0 aliphatic heterocycles. The Morgan fingerprint density at radius 1 is 1.25 bits per heavy atom. The van der Waals surface area contributed by atoms with Gasteiger partial charge in [-0.2, -0.15) is 5.10 Å². The van der Waals surface area contributed by atoms with E-state index in [9.17, 15) is 20.0 Å². The van der Waals surface area contributed by atoms with Gasteiger partial charge in [-0.25, -0.2) is 5.43 Å². The van der Waals surface area contributed by atoms with Gasteiger partial charge in [0.1, 0.15) is 23.0 Å². The third kappa shape index (κ3) is 3.98. The van der Waals surface area contributed by atoms with E-state index in [4.69, 9.17) is 9.15 Å². The van der Waals surface area contributed by atoms with Gasteiger partial charge < -0.3 is 14.3 Å². The third-order valence-electron chi connectivity index (χ3n) is 3.79. The summed E-state index contributed by atoms with van der Waals surface area (Å²) < 4.78 is 10.8. The maximum absolute atomic E-state index is 12.0. The second kappa shape index (κ2) is 8.04. The maximum Gasteiger partial charge on any atom is 0.275 e. The molecule has 9 nitrogen and oxygen atoms in total. The molecule has 28 heavy (non-hydrogen) atoms. The van der Waals surface area contributed by atoms with E-state index >= 15 is 0 Å². The summed E-state index contributed by atoms with van der Waals surface area (Å²) in [5.41, 5.74) is 2.82. The van der Waals surface area contributed by atoms with Crippen LogP contribution in [0, 0.1) is 10.1 Å². The largest absolute Gasteiger partial charge is 0.507 e. The standard InChI is InChI=1S/C19H15N3O6/c1-27-18-10-12(22(25)26)6-8-15(18)17-9-7-13(28-17)11-20-21-19(24)14-4-2-3-5-16(14)23/h2-11,23H,1H3,(H,21,24)/b20-11+. The molecular weight excluding hydrogens is 366 g/mol. The first-order chi connectivity index (χ1) is 13.5. The van der Waals surface area contributed by atoms with Gasteiger partial charge in [0.2, 0.25) is 0 Å². The van der Waals surface area contributed by atoms with Gasteiger partial charge in [0, 0.05) is 6.07 Å². The molecule has 0 atom stereocenters. The Hall–Kier alpha value is -4.14. The van der Waals surface area contributed by atoms with Crippen LogP contribution in [-0.2, 0) is 0 Å². The quantitative estimate of drug-likeness (QED) is 0.383. The van der Waals surface area contributed by atoms with E-state index in [1.165, 1.54) is 43.7 Å². The SMILES string of the molecule is COc1cc([N+](=O)[O-])ccc1-c1ccc(/C=N/NC(=O)c2ccccc2O)o1. The molecular formula is C19H15N3O6. The van der Waals surface area contributed by atoms with Gasteiger partial charge in [0.05, 0.1) is 35.4 Å². The summed E-state index contributed by atoms with van der Waals surface area (Å²) in [5, 5.41) is 24.3. The van der Waals surface area contributed by atoms with E-state index < -0.39 is 10.8 Å². The third-order valence-corrected chi connectivity index (χ3v) is 3.79. The van der Waals surface area contributed by atoms with Gasteiger partial charge >= 0.3 is 0 Å². The number of nitro groups is 1. The van der Waals surface area contributed by atoms with Crippen LogP contribution in [-0.4, -0.2) is 29.3 Å². The van der Waals surface area contributed by atoms with Crippen molar-refractivity contribution in [2.45, 2.75) is 0 Å². The summed E-state index contributed by atoms with van der Waals surface area (Å²) in [7, 11) is 1.41. The van der Waals surface area contributed by atoms with Crippen LogP contribution in [0.4, 0.5) is 5.69 Å². The van der Waals surface area contributed by atoms with Crippen molar-refractivity contribution in [3.8, 4) is 22.8 Å². The molecule has 3 rings (SSSR count). The molecule has 9 heteroatoms. The van der Waals surface area contributed by atoms with Crippen molar-refractivity contribution in [2.75, 3.05) is 7.11 Å². The Kier molecular flexibility index (Phi) is 5.35. The number of hydrogen-bond donors (Lipinski definition) is 2. The minimum absolute atomic E-state index is 0.0930. The predicted octanol–water partition coefficient (Wildman–Crippen LogP) is 3.33. The Labute approximate surface area is 159 Å². The zero-order chi connectivity index (χ0) is 20.1. The number of carbonyl (C=O) groups is 1. The molecule has 142 valence electrons. The molecule has 1 aromatic heterocycles. The van der Waals surface area contributed by atoms with Crippen molar-refractivity contribution in [1.82, 2.24) is 5.43 Å². The highest BCUT2D eigenvalue weighted by Gasteiger charge is 2.15. The summed E-state index contributed by atoms with van der Waals surface area (Å²) in [6.07, 6.45) is 1.29. The Morgan fingerprint density at radius 3 is 2.75 bits per heavy atom. The van der Waals surface area contributed by atoms with Crippen LogP contribution in [0.25, 0.3) is 11.3 Å². The topological polar surface area (TPSA) is 127 Å². The summed E-state index contributed by atoms with van der Waals surface area (Å²) >= 11 is 0. The normalized spacial score (nSPS) is 10.8. The fourth-order valence-electron chi connectivity index (χ4n) is 2.44. The molecule has 0 unspecified atom stereocenters. The predicted molar refractivity (Wildman–Crippen MR) is 101 cm³/mol. The highest BCUT2D eigenvalue weighted by molar-refractivity contribution is 5.97. The molecule has 0 spiro atoms. The second-order valence-corrected chi connectivity index (χ2v) is 5.56. The lowest BCUT2D eigenvalue weighted by molar-refractivity contribution is -0.384. The molecule has 0 saturated carbocycles. The number of amides is 1. The van der Waals surface area contributed by atoms with Gasteiger partial charge in [-0.3, -0.25) is 14.9 Å². The smallest absolute Gasteiger partial charge is 0.275 e. The summed E-state index contributed by atoms with van der Waals surface area (Å²) in [6, 6.07) is 13.5. The van der Waals surface area contributed by atoms with E-state index in [-0.39, 0.29) is 17.0 Å². The van der Waals surface area contributed by atoms with E-state index in [0.717, 1.165) is 0 Å². The van der Waals surface area contributed by atoms with Gasteiger partial charge in [0.15, 0.2) is 0 Å². The van der Waals surface area contributed by atoms with Crippen LogP contribution in [0.1, 0.15) is 16.1 Å². The number of phenols is 1. The lowest BCUT2D eigenvalue weighted by Gasteiger charge is -2.05.